The van der Waals surface area contributed by atoms with Crippen LogP contribution in [0.3, 0.4) is 0 Å². The molecule has 0 spiro atoms. The monoisotopic (exact) mass is 363 g/mol. The summed E-state index contributed by atoms with van der Waals surface area (Å²) < 4.78 is 29.0. The summed E-state index contributed by atoms with van der Waals surface area (Å²) in [6.07, 6.45) is 11.3. The van der Waals surface area contributed by atoms with Gasteiger partial charge in [0.05, 0.1) is 4.90 Å². The lowest BCUT2D eigenvalue weighted by Crippen LogP contribution is -2.48. The maximum atomic E-state index is 13.5. The van der Waals surface area contributed by atoms with E-state index >= 15 is 0 Å². The molecule has 3 nitrogen and oxygen atoms in total. The first-order chi connectivity index (χ1) is 12.0. The van der Waals surface area contributed by atoms with Crippen molar-refractivity contribution in [3.63, 3.8) is 0 Å². The molecule has 2 saturated carbocycles. The van der Waals surface area contributed by atoms with Crippen LogP contribution in [0.25, 0.3) is 0 Å². The lowest BCUT2D eigenvalue weighted by atomic mass is 9.91. The Morgan fingerprint density at radius 2 is 1.24 bits per heavy atom. The SMILES string of the molecule is CC(C)c1ccc(S(=O)(=O)N(C2CCCCC2)C2CCCCC2)cc1. The molecule has 1 aromatic carbocycles. The second kappa shape index (κ2) is 8.22. The normalized spacial score (nSPS) is 21.1. The van der Waals surface area contributed by atoms with E-state index in [1.165, 1.54) is 18.4 Å². The van der Waals surface area contributed by atoms with E-state index in [1.54, 1.807) is 0 Å². The van der Waals surface area contributed by atoms with E-state index in [1.807, 2.05) is 28.6 Å². The molecule has 3 rings (SSSR count). The number of nitrogens with zero attached hydrogens (tertiary/aromatic N) is 1. The van der Waals surface area contributed by atoms with Gasteiger partial charge in [0, 0.05) is 12.1 Å². The van der Waals surface area contributed by atoms with Gasteiger partial charge < -0.3 is 0 Å². The molecule has 1 aromatic rings. The summed E-state index contributed by atoms with van der Waals surface area (Å²) in [6, 6.07) is 8.01. The van der Waals surface area contributed by atoms with Crippen LogP contribution in [0.1, 0.15) is 89.5 Å². The van der Waals surface area contributed by atoms with Crippen LogP contribution in [0.15, 0.2) is 29.2 Å². The first-order valence-electron chi connectivity index (χ1n) is 10.1. The molecule has 0 saturated heterocycles. The quantitative estimate of drug-likeness (QED) is 0.696. The first-order valence-corrected chi connectivity index (χ1v) is 11.6. The van der Waals surface area contributed by atoms with Crippen LogP contribution < -0.4 is 0 Å². The number of rotatable bonds is 5. The molecule has 0 aliphatic heterocycles. The summed E-state index contributed by atoms with van der Waals surface area (Å²) in [6.45, 7) is 4.28. The number of benzene rings is 1. The number of sulfonamides is 1. The topological polar surface area (TPSA) is 37.4 Å². The maximum Gasteiger partial charge on any atom is 0.243 e. The largest absolute Gasteiger partial charge is 0.243 e. The van der Waals surface area contributed by atoms with Crippen molar-refractivity contribution < 1.29 is 8.42 Å². The van der Waals surface area contributed by atoms with Crippen molar-refractivity contribution in [1.29, 1.82) is 0 Å². The second-order valence-electron chi connectivity index (χ2n) is 8.14. The van der Waals surface area contributed by atoms with E-state index in [9.17, 15) is 8.42 Å². The molecule has 25 heavy (non-hydrogen) atoms. The zero-order valence-corrected chi connectivity index (χ0v) is 16.6. The highest BCUT2D eigenvalue weighted by Gasteiger charge is 2.38. The highest BCUT2D eigenvalue weighted by Crippen LogP contribution is 2.35. The summed E-state index contributed by atoms with van der Waals surface area (Å²) >= 11 is 0. The van der Waals surface area contributed by atoms with E-state index in [0.717, 1.165) is 51.4 Å². The van der Waals surface area contributed by atoms with Crippen LogP contribution in [0.4, 0.5) is 0 Å². The summed E-state index contributed by atoms with van der Waals surface area (Å²) in [4.78, 5) is 0.480. The molecule has 0 bridgehead atoms. The molecule has 0 N–H and O–H groups in total. The standard InChI is InChI=1S/C21H33NO2S/c1-17(2)18-13-15-21(16-14-18)25(23,24)22(19-9-5-3-6-10-19)20-11-7-4-8-12-20/h13-17,19-20H,3-12H2,1-2H3. The van der Waals surface area contributed by atoms with Gasteiger partial charge in [-0.25, -0.2) is 8.42 Å². The summed E-state index contributed by atoms with van der Waals surface area (Å²) in [7, 11) is -3.41. The Bertz CT molecular complexity index is 621. The van der Waals surface area contributed by atoms with Crippen LogP contribution in [0, 0.1) is 0 Å². The van der Waals surface area contributed by atoms with Crippen molar-refractivity contribution in [3.8, 4) is 0 Å². The predicted molar refractivity (Wildman–Crippen MR) is 103 cm³/mol. The Morgan fingerprint density at radius 3 is 1.64 bits per heavy atom. The van der Waals surface area contributed by atoms with E-state index in [0.29, 0.717) is 10.8 Å². The highest BCUT2D eigenvalue weighted by atomic mass is 32.2. The molecule has 0 heterocycles. The first kappa shape index (κ1) is 18.9. The van der Waals surface area contributed by atoms with Crippen LogP contribution in [0.5, 0.6) is 0 Å². The Morgan fingerprint density at radius 1 is 0.800 bits per heavy atom. The van der Waals surface area contributed by atoms with Crippen molar-refractivity contribution >= 4 is 10.0 Å². The minimum Gasteiger partial charge on any atom is -0.207 e. The molecule has 2 aliphatic rings. The van der Waals surface area contributed by atoms with Gasteiger partial charge in [-0.1, -0.05) is 64.5 Å². The predicted octanol–water partition coefficient (Wildman–Crippen LogP) is 5.47. The van der Waals surface area contributed by atoms with E-state index in [-0.39, 0.29) is 12.1 Å². The van der Waals surface area contributed by atoms with Crippen LogP contribution in [0.2, 0.25) is 0 Å². The van der Waals surface area contributed by atoms with E-state index in [4.69, 9.17) is 0 Å². The van der Waals surface area contributed by atoms with Gasteiger partial charge in [0.1, 0.15) is 0 Å². The van der Waals surface area contributed by atoms with Crippen molar-refractivity contribution in [3.05, 3.63) is 29.8 Å². The maximum absolute atomic E-state index is 13.5. The lowest BCUT2D eigenvalue weighted by molar-refractivity contribution is 0.169. The smallest absolute Gasteiger partial charge is 0.207 e. The van der Waals surface area contributed by atoms with Gasteiger partial charge in [-0.05, 0) is 49.3 Å². The van der Waals surface area contributed by atoms with Crippen molar-refractivity contribution in [1.82, 2.24) is 4.31 Å². The molecule has 2 fully saturated rings. The van der Waals surface area contributed by atoms with Gasteiger partial charge in [0.2, 0.25) is 10.0 Å². The molecule has 4 heteroatoms. The third kappa shape index (κ3) is 4.28. The zero-order chi connectivity index (χ0) is 17.9. The fourth-order valence-electron chi connectivity index (χ4n) is 4.51. The molecule has 0 atom stereocenters. The third-order valence-electron chi connectivity index (χ3n) is 5.99. The van der Waals surface area contributed by atoms with Gasteiger partial charge >= 0.3 is 0 Å². The van der Waals surface area contributed by atoms with Gasteiger partial charge in [-0.2, -0.15) is 4.31 Å². The van der Waals surface area contributed by atoms with E-state index in [2.05, 4.69) is 13.8 Å². The summed E-state index contributed by atoms with van der Waals surface area (Å²) in [5.41, 5.74) is 1.20. The Kier molecular flexibility index (Phi) is 6.21. The van der Waals surface area contributed by atoms with Crippen molar-refractivity contribution in [2.24, 2.45) is 0 Å². The molecule has 0 radical (unpaired) electrons. The van der Waals surface area contributed by atoms with Gasteiger partial charge in [-0.15, -0.1) is 0 Å². The van der Waals surface area contributed by atoms with E-state index < -0.39 is 10.0 Å². The Hall–Kier alpha value is -0.870. The van der Waals surface area contributed by atoms with Gasteiger partial charge in [-0.3, -0.25) is 0 Å². The highest BCUT2D eigenvalue weighted by molar-refractivity contribution is 7.89. The van der Waals surface area contributed by atoms with Crippen LogP contribution in [-0.2, 0) is 10.0 Å². The fourth-order valence-corrected chi connectivity index (χ4v) is 6.44. The van der Waals surface area contributed by atoms with Gasteiger partial charge in [0.25, 0.3) is 0 Å². The molecule has 0 aromatic heterocycles. The molecular formula is C21H33NO2S. The van der Waals surface area contributed by atoms with Crippen LogP contribution >= 0.6 is 0 Å². The van der Waals surface area contributed by atoms with Crippen molar-refractivity contribution in [2.45, 2.75) is 101 Å². The van der Waals surface area contributed by atoms with Gasteiger partial charge in [0.15, 0.2) is 0 Å². The summed E-state index contributed by atoms with van der Waals surface area (Å²) in [5, 5.41) is 0. The zero-order valence-electron chi connectivity index (χ0n) is 15.8. The number of hydrogen-bond acceptors (Lipinski definition) is 2. The summed E-state index contributed by atoms with van der Waals surface area (Å²) in [5.74, 6) is 0.421. The molecule has 0 amide bonds. The average molecular weight is 364 g/mol. The Balaban J connectivity index is 1.91. The number of hydrogen-bond donors (Lipinski definition) is 0. The molecular weight excluding hydrogens is 330 g/mol. The third-order valence-corrected chi connectivity index (χ3v) is 8.01. The second-order valence-corrected chi connectivity index (χ2v) is 9.99. The Labute approximate surface area is 153 Å². The lowest BCUT2D eigenvalue weighted by Gasteiger charge is -2.40. The fraction of sp³-hybridized carbons (Fsp3) is 0.714. The molecule has 2 aliphatic carbocycles. The molecule has 140 valence electrons. The molecule has 0 unspecified atom stereocenters. The average Bonchev–Trinajstić information content (AvgIpc) is 2.63. The minimum atomic E-state index is -3.41. The van der Waals surface area contributed by atoms with Crippen molar-refractivity contribution in [2.75, 3.05) is 0 Å². The van der Waals surface area contributed by atoms with Crippen LogP contribution in [-0.4, -0.2) is 24.8 Å². The minimum absolute atomic E-state index is 0.201.